The van der Waals surface area contributed by atoms with Gasteiger partial charge in [-0.25, -0.2) is 15.0 Å². The normalized spacial score (nSPS) is 12.1. The molecule has 0 radical (unpaired) electrons. The Morgan fingerprint density at radius 1 is 0.966 bits per heavy atom. The van der Waals surface area contributed by atoms with Crippen LogP contribution in [0.5, 0.6) is 0 Å². The van der Waals surface area contributed by atoms with E-state index >= 15 is 0 Å². The maximum atomic E-state index is 6.22. The van der Waals surface area contributed by atoms with E-state index in [0.717, 1.165) is 26.8 Å². The molecule has 0 aliphatic heterocycles. The lowest BCUT2D eigenvalue weighted by Crippen LogP contribution is -2.11. The van der Waals surface area contributed by atoms with Crippen LogP contribution in [0.4, 0.5) is 11.6 Å². The quantitative estimate of drug-likeness (QED) is 0.502. The largest absolute Gasteiger partial charge is 0.383 e. The van der Waals surface area contributed by atoms with Gasteiger partial charge < -0.3 is 10.6 Å². The summed E-state index contributed by atoms with van der Waals surface area (Å²) in [5, 5.41) is 9.38. The molecule has 1 aromatic carbocycles. The van der Waals surface area contributed by atoms with Crippen molar-refractivity contribution in [2.75, 3.05) is 24.7 Å². The second-order valence-electron chi connectivity index (χ2n) is 6.97. The summed E-state index contributed by atoms with van der Waals surface area (Å²) < 4.78 is 1.03. The van der Waals surface area contributed by atoms with Gasteiger partial charge in [-0.2, -0.15) is 0 Å². The SMILES string of the molecule is CC(c1ccccc1Br)c1cc(-c2ccc(N(C)C)nn2)nc2ncnc(N)c12. The molecule has 7 nitrogen and oxygen atoms in total. The lowest BCUT2D eigenvalue weighted by molar-refractivity contribution is 0.919. The summed E-state index contributed by atoms with van der Waals surface area (Å²) in [6.07, 6.45) is 1.43. The Morgan fingerprint density at radius 3 is 2.45 bits per heavy atom. The molecule has 0 aliphatic rings. The fourth-order valence-corrected chi connectivity index (χ4v) is 3.91. The van der Waals surface area contributed by atoms with E-state index in [9.17, 15) is 0 Å². The molecule has 0 saturated heterocycles. The van der Waals surface area contributed by atoms with Gasteiger partial charge in [-0.15, -0.1) is 10.2 Å². The van der Waals surface area contributed by atoms with Crippen molar-refractivity contribution in [2.45, 2.75) is 12.8 Å². The van der Waals surface area contributed by atoms with Crippen molar-refractivity contribution >= 4 is 38.6 Å². The maximum Gasteiger partial charge on any atom is 0.165 e. The van der Waals surface area contributed by atoms with E-state index in [1.807, 2.05) is 55.4 Å². The number of halogens is 1. The fourth-order valence-electron chi connectivity index (χ4n) is 3.28. The van der Waals surface area contributed by atoms with Crippen LogP contribution in [0.15, 0.2) is 53.3 Å². The molecule has 0 amide bonds. The van der Waals surface area contributed by atoms with Crippen molar-refractivity contribution in [3.05, 3.63) is 64.4 Å². The summed E-state index contributed by atoms with van der Waals surface area (Å²) in [7, 11) is 3.85. The summed E-state index contributed by atoms with van der Waals surface area (Å²) in [4.78, 5) is 15.1. The molecule has 0 fully saturated rings. The van der Waals surface area contributed by atoms with Crippen LogP contribution in [-0.4, -0.2) is 39.2 Å². The minimum Gasteiger partial charge on any atom is -0.383 e. The molecule has 2 N–H and O–H groups in total. The van der Waals surface area contributed by atoms with E-state index in [0.29, 0.717) is 22.9 Å². The molecule has 0 saturated carbocycles. The fraction of sp³-hybridized carbons (Fsp3) is 0.190. The number of pyridine rings is 1. The number of rotatable bonds is 4. The first kappa shape index (κ1) is 19.2. The minimum absolute atomic E-state index is 0.0390. The van der Waals surface area contributed by atoms with Crippen LogP contribution in [0.3, 0.4) is 0 Å². The Labute approximate surface area is 177 Å². The van der Waals surface area contributed by atoms with Crippen LogP contribution in [0, 0.1) is 0 Å². The molecule has 3 aromatic heterocycles. The number of nitrogen functional groups attached to an aromatic ring is 1. The van der Waals surface area contributed by atoms with E-state index in [-0.39, 0.29) is 5.92 Å². The Morgan fingerprint density at radius 2 is 1.76 bits per heavy atom. The monoisotopic (exact) mass is 449 g/mol. The van der Waals surface area contributed by atoms with Gasteiger partial charge in [0.1, 0.15) is 17.8 Å². The molecule has 1 atom stereocenters. The molecule has 8 heteroatoms. The third kappa shape index (κ3) is 3.63. The van der Waals surface area contributed by atoms with Crippen LogP contribution in [0.2, 0.25) is 0 Å². The lowest BCUT2D eigenvalue weighted by atomic mass is 9.90. The van der Waals surface area contributed by atoms with E-state index in [1.54, 1.807) is 0 Å². The van der Waals surface area contributed by atoms with Gasteiger partial charge in [0.25, 0.3) is 0 Å². The zero-order chi connectivity index (χ0) is 20.5. The van der Waals surface area contributed by atoms with Crippen molar-refractivity contribution < 1.29 is 0 Å². The average molecular weight is 450 g/mol. The summed E-state index contributed by atoms with van der Waals surface area (Å²) in [5.74, 6) is 1.23. The molecule has 1 unspecified atom stereocenters. The van der Waals surface area contributed by atoms with Gasteiger partial charge in [0, 0.05) is 24.5 Å². The molecule has 0 aliphatic carbocycles. The third-order valence-corrected chi connectivity index (χ3v) is 5.60. The molecule has 146 valence electrons. The number of fused-ring (bicyclic) bond motifs is 1. The number of hydrogen-bond donors (Lipinski definition) is 1. The third-order valence-electron chi connectivity index (χ3n) is 4.87. The average Bonchev–Trinajstić information content (AvgIpc) is 2.73. The predicted molar refractivity (Wildman–Crippen MR) is 119 cm³/mol. The minimum atomic E-state index is 0.0390. The number of benzene rings is 1. The van der Waals surface area contributed by atoms with Crippen LogP contribution in [0.25, 0.3) is 22.4 Å². The zero-order valence-corrected chi connectivity index (χ0v) is 17.9. The van der Waals surface area contributed by atoms with Crippen LogP contribution < -0.4 is 10.6 Å². The molecule has 29 heavy (non-hydrogen) atoms. The number of nitrogens with zero attached hydrogens (tertiary/aromatic N) is 6. The highest BCUT2D eigenvalue weighted by Crippen LogP contribution is 2.36. The van der Waals surface area contributed by atoms with E-state index in [4.69, 9.17) is 5.73 Å². The molecular formula is C21H20BrN7. The highest BCUT2D eigenvalue weighted by molar-refractivity contribution is 9.10. The summed E-state index contributed by atoms with van der Waals surface area (Å²) in [5.41, 5.74) is 10.3. The van der Waals surface area contributed by atoms with Gasteiger partial charge in [-0.3, -0.25) is 0 Å². The van der Waals surface area contributed by atoms with Gasteiger partial charge >= 0.3 is 0 Å². The van der Waals surface area contributed by atoms with Crippen molar-refractivity contribution in [3.63, 3.8) is 0 Å². The Balaban J connectivity index is 1.92. The van der Waals surface area contributed by atoms with Gasteiger partial charge in [0.05, 0.1) is 11.1 Å². The van der Waals surface area contributed by atoms with Crippen LogP contribution >= 0.6 is 15.9 Å². The molecular weight excluding hydrogens is 430 g/mol. The molecule has 3 heterocycles. The van der Waals surface area contributed by atoms with E-state index in [1.165, 1.54) is 6.33 Å². The first-order valence-corrected chi connectivity index (χ1v) is 9.92. The Bertz CT molecular complexity index is 1180. The number of aromatic nitrogens is 5. The molecule has 0 bridgehead atoms. The van der Waals surface area contributed by atoms with Crippen molar-refractivity contribution in [1.29, 1.82) is 0 Å². The van der Waals surface area contributed by atoms with Gasteiger partial charge in [0.15, 0.2) is 11.5 Å². The van der Waals surface area contributed by atoms with Crippen molar-refractivity contribution in [2.24, 2.45) is 0 Å². The summed E-state index contributed by atoms with van der Waals surface area (Å²) in [6, 6.07) is 14.0. The highest BCUT2D eigenvalue weighted by atomic mass is 79.9. The molecule has 0 spiro atoms. The van der Waals surface area contributed by atoms with Gasteiger partial charge in [0.2, 0.25) is 0 Å². The zero-order valence-electron chi connectivity index (χ0n) is 16.3. The first-order chi connectivity index (χ1) is 14.0. The lowest BCUT2D eigenvalue weighted by Gasteiger charge is -2.18. The second kappa shape index (κ2) is 7.71. The highest BCUT2D eigenvalue weighted by Gasteiger charge is 2.20. The number of anilines is 2. The van der Waals surface area contributed by atoms with E-state index < -0.39 is 0 Å². The Hall–Kier alpha value is -3.13. The first-order valence-electron chi connectivity index (χ1n) is 9.12. The van der Waals surface area contributed by atoms with Crippen LogP contribution in [0.1, 0.15) is 24.0 Å². The topological polar surface area (TPSA) is 93.7 Å². The Kier molecular flexibility index (Phi) is 5.10. The molecule has 4 aromatic rings. The second-order valence-corrected chi connectivity index (χ2v) is 7.82. The van der Waals surface area contributed by atoms with Gasteiger partial charge in [-0.1, -0.05) is 41.1 Å². The predicted octanol–water partition coefficient (Wildman–Crippen LogP) is 4.04. The smallest absolute Gasteiger partial charge is 0.165 e. The summed E-state index contributed by atoms with van der Waals surface area (Å²) in [6.45, 7) is 2.13. The summed E-state index contributed by atoms with van der Waals surface area (Å²) >= 11 is 3.66. The standard InChI is InChI=1S/C21H20BrN7/c1-12(13-6-4-5-7-15(13)22)14-10-17(16-8-9-18(28-27-16)29(2)3)26-21-19(14)20(23)24-11-25-21/h4-12H,1-3H3,(H2,23,24,25,26). The molecule has 4 rings (SSSR count). The van der Waals surface area contributed by atoms with Crippen molar-refractivity contribution in [3.8, 4) is 11.4 Å². The number of hydrogen-bond acceptors (Lipinski definition) is 7. The van der Waals surface area contributed by atoms with Crippen LogP contribution in [-0.2, 0) is 0 Å². The van der Waals surface area contributed by atoms with Crippen molar-refractivity contribution in [1.82, 2.24) is 25.1 Å². The van der Waals surface area contributed by atoms with E-state index in [2.05, 4.69) is 54.1 Å². The van der Waals surface area contributed by atoms with Gasteiger partial charge in [-0.05, 0) is 35.4 Å². The number of nitrogens with two attached hydrogens (primary N) is 1. The maximum absolute atomic E-state index is 6.22.